The van der Waals surface area contributed by atoms with E-state index in [1.54, 1.807) is 18.7 Å². The molecule has 358 valence electrons. The van der Waals surface area contributed by atoms with E-state index in [9.17, 15) is 4.79 Å². The summed E-state index contributed by atoms with van der Waals surface area (Å²) in [6, 6.07) is 18.0. The molecule has 19 nitrogen and oxygen atoms in total. The molecule has 8 aromatic heterocycles. The molecule has 70 heavy (non-hydrogen) atoms. The van der Waals surface area contributed by atoms with Gasteiger partial charge in [0, 0.05) is 85.2 Å². The minimum Gasteiger partial charge on any atom is -0.445 e. The predicted octanol–water partition coefficient (Wildman–Crippen LogP) is 9.97. The fraction of sp³-hybridized carbons (Fsp3) is 0.353. The molecular formula is C51H55N15O4. The molecule has 0 radical (unpaired) electrons. The number of nitrogens with one attached hydrogen (secondary N) is 4. The van der Waals surface area contributed by atoms with Gasteiger partial charge in [-0.3, -0.25) is 0 Å². The number of benzene rings is 1. The summed E-state index contributed by atoms with van der Waals surface area (Å²) in [4.78, 5) is 57.8. The Bertz CT molecular complexity index is 3260. The van der Waals surface area contributed by atoms with Gasteiger partial charge in [0.25, 0.3) is 0 Å². The van der Waals surface area contributed by atoms with Gasteiger partial charge in [-0.25, -0.2) is 34.7 Å². The molecule has 9 heterocycles. The summed E-state index contributed by atoms with van der Waals surface area (Å²) < 4.78 is 15.8. The Hall–Kier alpha value is -8.09. The van der Waals surface area contributed by atoms with Crippen LogP contribution in [-0.4, -0.2) is 95.8 Å². The van der Waals surface area contributed by atoms with Crippen molar-refractivity contribution in [2.75, 3.05) is 17.2 Å². The van der Waals surface area contributed by atoms with Crippen molar-refractivity contribution < 1.29 is 18.6 Å². The normalized spacial score (nSPS) is 18.1. The minimum absolute atomic E-state index is 0.00152. The highest BCUT2D eigenvalue weighted by atomic mass is 16.6. The Labute approximate surface area is 403 Å². The maximum atomic E-state index is 12.9. The molecule has 1 aliphatic heterocycles. The lowest BCUT2D eigenvalue weighted by molar-refractivity contribution is 0.0695. The van der Waals surface area contributed by atoms with Crippen LogP contribution in [0.5, 0.6) is 0 Å². The summed E-state index contributed by atoms with van der Waals surface area (Å²) in [5.41, 5.74) is 9.32. The number of aromatic amines is 2. The second-order valence-electron chi connectivity index (χ2n) is 18.4. The van der Waals surface area contributed by atoms with Crippen molar-refractivity contribution in [3.8, 4) is 45.6 Å². The van der Waals surface area contributed by atoms with E-state index in [0.29, 0.717) is 64.9 Å². The first kappa shape index (κ1) is 45.7. The van der Waals surface area contributed by atoms with Crippen molar-refractivity contribution in [3.63, 3.8) is 0 Å². The molecule has 4 N–H and O–H groups in total. The number of likely N-dealkylation sites (tertiary alicyclic amines) is 1. The van der Waals surface area contributed by atoms with Crippen LogP contribution >= 0.6 is 0 Å². The first-order valence-electron chi connectivity index (χ1n) is 23.8. The summed E-state index contributed by atoms with van der Waals surface area (Å²) in [6.07, 6.45) is 13.8. The zero-order chi connectivity index (χ0) is 48.3. The van der Waals surface area contributed by atoms with Gasteiger partial charge in [0.05, 0.1) is 11.4 Å². The summed E-state index contributed by atoms with van der Waals surface area (Å²) in [6.45, 7) is 12.7. The standard InChI is InChI=1S/C29H30N8O3.C22H25N7O/c1-17-13-31-28(33-21-10-9-18(2)37(15-21)29(38)39-16-20-7-5-4-6-8-20)35-25(17)23-14-30-26-22(23)11-12-24(34-26)27-32-19(3)40-36-27;1-12-4-6-15(7-5-12)26-22-24-10-13(2)19(28-22)17-11-23-20-16(17)8-9-18(27-20)21-25-14(3)30-29-21/h4-8,11-14,18,21H,9-10,15-16H2,1-3H3,(H,30,34)(H,31,33,35);8-12,15H,4-7H2,1-3H3,(H,23,27)(H,24,26,28)/t18-,21-;/m1./s1. The number of amides is 1. The van der Waals surface area contributed by atoms with Gasteiger partial charge in [-0.15, -0.1) is 0 Å². The van der Waals surface area contributed by atoms with Gasteiger partial charge in [0.1, 0.15) is 29.3 Å². The number of fused-ring (bicyclic) bond motifs is 2. The van der Waals surface area contributed by atoms with Crippen LogP contribution in [0.2, 0.25) is 0 Å². The van der Waals surface area contributed by atoms with Crippen molar-refractivity contribution in [2.24, 2.45) is 5.92 Å². The van der Waals surface area contributed by atoms with Crippen molar-refractivity contribution in [1.82, 2.24) is 65.1 Å². The lowest BCUT2D eigenvalue weighted by atomic mass is 9.87. The first-order chi connectivity index (χ1) is 34.0. The molecule has 2 fully saturated rings. The Kier molecular flexibility index (Phi) is 13.0. The van der Waals surface area contributed by atoms with Gasteiger partial charge in [-0.1, -0.05) is 47.6 Å². The third-order valence-corrected chi connectivity index (χ3v) is 13.0. The largest absolute Gasteiger partial charge is 0.445 e. The second kappa shape index (κ2) is 19.9. The summed E-state index contributed by atoms with van der Waals surface area (Å²) >= 11 is 0. The number of aromatic nitrogens is 12. The lowest BCUT2D eigenvalue weighted by Crippen LogP contribution is -2.50. The van der Waals surface area contributed by atoms with Crippen LogP contribution in [0.15, 0.2) is 88.4 Å². The number of ether oxygens (including phenoxy) is 1. The van der Waals surface area contributed by atoms with E-state index >= 15 is 0 Å². The Morgan fingerprint density at radius 1 is 0.657 bits per heavy atom. The summed E-state index contributed by atoms with van der Waals surface area (Å²) in [5.74, 6) is 3.95. The van der Waals surface area contributed by atoms with Gasteiger partial charge < -0.3 is 39.3 Å². The molecule has 1 aromatic carbocycles. The van der Waals surface area contributed by atoms with E-state index in [1.807, 2.05) is 93.2 Å². The monoisotopic (exact) mass is 941 g/mol. The van der Waals surface area contributed by atoms with Crippen LogP contribution in [0.1, 0.15) is 80.8 Å². The number of aryl methyl sites for hydroxylation is 4. The highest BCUT2D eigenvalue weighted by Crippen LogP contribution is 2.33. The molecule has 0 spiro atoms. The molecule has 11 rings (SSSR count). The average molecular weight is 942 g/mol. The van der Waals surface area contributed by atoms with E-state index in [4.69, 9.17) is 23.8 Å². The third kappa shape index (κ3) is 10.0. The van der Waals surface area contributed by atoms with E-state index < -0.39 is 0 Å². The zero-order valence-corrected chi connectivity index (χ0v) is 40.0. The molecule has 1 aliphatic carbocycles. The molecule has 9 aromatic rings. The SMILES string of the molecule is Cc1nc(-c2ccc3c(-c4nc(NC5CCC(C)CC5)ncc4C)c[nH]c3n2)no1.Cc1nc(-c2ccc3c(-c4nc(N[C@@H]5CC[C@@H](C)N(C(=O)OCc6ccccc6)C5)ncc4C)c[nH]c3n2)no1. The Morgan fingerprint density at radius 3 is 1.71 bits per heavy atom. The number of piperidine rings is 1. The second-order valence-corrected chi connectivity index (χ2v) is 18.4. The molecule has 1 saturated heterocycles. The number of hydrogen-bond acceptors (Lipinski definition) is 16. The van der Waals surface area contributed by atoms with E-state index in [0.717, 1.165) is 74.4 Å². The third-order valence-electron chi connectivity index (χ3n) is 13.0. The maximum absolute atomic E-state index is 12.9. The Balaban J connectivity index is 0.000000169. The zero-order valence-electron chi connectivity index (χ0n) is 40.0. The highest BCUT2D eigenvalue weighted by Gasteiger charge is 2.31. The fourth-order valence-corrected chi connectivity index (χ4v) is 9.08. The van der Waals surface area contributed by atoms with Crippen LogP contribution in [0.25, 0.3) is 67.6 Å². The van der Waals surface area contributed by atoms with Crippen molar-refractivity contribution in [1.29, 1.82) is 0 Å². The molecule has 2 atom stereocenters. The fourth-order valence-electron chi connectivity index (χ4n) is 9.08. The quantitative estimate of drug-likeness (QED) is 0.0997. The van der Waals surface area contributed by atoms with Crippen molar-refractivity contribution >= 4 is 40.1 Å². The number of rotatable bonds is 10. The van der Waals surface area contributed by atoms with Gasteiger partial charge in [0.15, 0.2) is 0 Å². The number of H-pyrrole nitrogens is 2. The molecule has 1 amide bonds. The number of nitrogens with zero attached hydrogens (tertiary/aromatic N) is 11. The highest BCUT2D eigenvalue weighted by molar-refractivity contribution is 5.95. The molecule has 19 heteroatoms. The summed E-state index contributed by atoms with van der Waals surface area (Å²) in [7, 11) is 0. The van der Waals surface area contributed by atoms with Gasteiger partial charge in [0.2, 0.25) is 35.3 Å². The number of carbonyl (C=O) groups is 1. The maximum Gasteiger partial charge on any atom is 0.410 e. The number of carbonyl (C=O) groups excluding carboxylic acids is 1. The van der Waals surface area contributed by atoms with Crippen molar-refractivity contribution in [3.05, 3.63) is 108 Å². The van der Waals surface area contributed by atoms with Crippen LogP contribution in [0.4, 0.5) is 16.7 Å². The smallest absolute Gasteiger partial charge is 0.410 e. The van der Waals surface area contributed by atoms with Gasteiger partial charge in [-0.05, 0) is 106 Å². The van der Waals surface area contributed by atoms with Gasteiger partial charge in [-0.2, -0.15) is 9.97 Å². The molecular weight excluding hydrogens is 887 g/mol. The number of anilines is 2. The van der Waals surface area contributed by atoms with E-state index in [-0.39, 0.29) is 24.8 Å². The van der Waals surface area contributed by atoms with Crippen molar-refractivity contribution in [2.45, 2.75) is 105 Å². The molecule has 0 bridgehead atoms. The Morgan fingerprint density at radius 2 is 1.19 bits per heavy atom. The topological polar surface area (TPSA) is 240 Å². The molecule has 1 saturated carbocycles. The first-order valence-corrected chi connectivity index (χ1v) is 23.8. The van der Waals surface area contributed by atoms with Gasteiger partial charge >= 0.3 is 6.09 Å². The van der Waals surface area contributed by atoms with Crippen LogP contribution in [0, 0.1) is 33.6 Å². The van der Waals surface area contributed by atoms with Crippen LogP contribution in [0.3, 0.4) is 0 Å². The number of pyridine rings is 2. The van der Waals surface area contributed by atoms with Crippen LogP contribution < -0.4 is 10.6 Å². The number of hydrogen-bond donors (Lipinski definition) is 4. The lowest BCUT2D eigenvalue weighted by Gasteiger charge is -2.37. The minimum atomic E-state index is -0.310. The average Bonchev–Trinajstić information content (AvgIpc) is 4.21. The summed E-state index contributed by atoms with van der Waals surface area (Å²) in [5, 5.41) is 16.8. The molecule has 2 aliphatic rings. The predicted molar refractivity (Wildman–Crippen MR) is 264 cm³/mol. The van der Waals surface area contributed by atoms with Crippen LogP contribution in [-0.2, 0) is 11.3 Å². The van der Waals surface area contributed by atoms with E-state index in [2.05, 4.69) is 74.7 Å². The molecule has 0 unspecified atom stereocenters. The van der Waals surface area contributed by atoms with E-state index in [1.165, 1.54) is 25.7 Å².